The average Bonchev–Trinajstić information content (AvgIpc) is 2.65. The second kappa shape index (κ2) is 7.69. The average molecular weight is 357 g/mol. The highest BCUT2D eigenvalue weighted by Gasteiger charge is 2.13. The molecule has 1 heterocycles. The van der Waals surface area contributed by atoms with Crippen LogP contribution < -0.4 is 10.6 Å². The summed E-state index contributed by atoms with van der Waals surface area (Å²) in [6.45, 7) is 0.430. The Labute approximate surface area is 147 Å². The third-order valence-electron chi connectivity index (χ3n) is 3.61. The van der Waals surface area contributed by atoms with Crippen LogP contribution in [0, 0.1) is 17.5 Å². The first-order valence-electron chi connectivity index (χ1n) is 7.72. The summed E-state index contributed by atoms with van der Waals surface area (Å²) in [6, 6.07) is 12.4. The minimum absolute atomic E-state index is 0.153. The molecule has 1 amide bonds. The first-order chi connectivity index (χ1) is 12.5. The summed E-state index contributed by atoms with van der Waals surface area (Å²) in [6.07, 6.45) is 1.29. The zero-order valence-corrected chi connectivity index (χ0v) is 13.5. The Hall–Kier alpha value is -3.35. The molecule has 0 radical (unpaired) electrons. The fourth-order valence-corrected chi connectivity index (χ4v) is 2.23. The molecule has 3 rings (SSSR count). The molecule has 2 aromatic carbocycles. The van der Waals surface area contributed by atoms with E-state index < -0.39 is 23.2 Å². The lowest BCUT2D eigenvalue weighted by Gasteiger charge is -2.09. The van der Waals surface area contributed by atoms with E-state index in [0.717, 1.165) is 17.7 Å². The molecule has 132 valence electrons. The smallest absolute Gasteiger partial charge is 0.257 e. The summed E-state index contributed by atoms with van der Waals surface area (Å²) in [5, 5.41) is 5.22. The van der Waals surface area contributed by atoms with Crippen LogP contribution in [0.5, 0.6) is 0 Å². The molecule has 0 spiro atoms. The van der Waals surface area contributed by atoms with Crippen molar-refractivity contribution >= 4 is 17.4 Å². The lowest BCUT2D eigenvalue weighted by molar-refractivity contribution is 0.102. The molecule has 3 aromatic rings. The van der Waals surface area contributed by atoms with E-state index in [2.05, 4.69) is 15.6 Å². The summed E-state index contributed by atoms with van der Waals surface area (Å²) in [5.74, 6) is -2.20. The minimum atomic E-state index is -0.858. The number of nitrogens with zero attached hydrogens (tertiary/aromatic N) is 1. The van der Waals surface area contributed by atoms with Gasteiger partial charge in [0.2, 0.25) is 0 Å². The molecule has 0 bridgehead atoms. The number of aromatic nitrogens is 1. The van der Waals surface area contributed by atoms with Crippen LogP contribution in [0.4, 0.5) is 24.7 Å². The van der Waals surface area contributed by atoms with Crippen molar-refractivity contribution in [1.29, 1.82) is 0 Å². The van der Waals surface area contributed by atoms with E-state index in [1.165, 1.54) is 30.5 Å². The first kappa shape index (κ1) is 17.5. The van der Waals surface area contributed by atoms with Crippen molar-refractivity contribution in [2.24, 2.45) is 0 Å². The number of anilines is 2. The number of para-hydroxylation sites is 1. The molecule has 0 saturated carbocycles. The highest BCUT2D eigenvalue weighted by Crippen LogP contribution is 2.19. The predicted molar refractivity (Wildman–Crippen MR) is 92.3 cm³/mol. The molecule has 26 heavy (non-hydrogen) atoms. The van der Waals surface area contributed by atoms with Crippen LogP contribution in [0.3, 0.4) is 0 Å². The molecule has 0 aliphatic carbocycles. The van der Waals surface area contributed by atoms with Crippen molar-refractivity contribution in [3.63, 3.8) is 0 Å². The zero-order chi connectivity index (χ0) is 18.5. The van der Waals surface area contributed by atoms with Gasteiger partial charge in [-0.1, -0.05) is 18.2 Å². The van der Waals surface area contributed by atoms with Crippen LogP contribution in [0.2, 0.25) is 0 Å². The molecule has 1 aromatic heterocycles. The normalized spacial score (nSPS) is 10.4. The van der Waals surface area contributed by atoms with Gasteiger partial charge in [-0.25, -0.2) is 18.2 Å². The number of amides is 1. The van der Waals surface area contributed by atoms with Crippen LogP contribution in [0.25, 0.3) is 0 Å². The van der Waals surface area contributed by atoms with E-state index in [9.17, 15) is 18.0 Å². The van der Waals surface area contributed by atoms with Gasteiger partial charge >= 0.3 is 0 Å². The van der Waals surface area contributed by atoms with E-state index in [-0.39, 0.29) is 11.4 Å². The largest absolute Gasteiger partial charge is 0.366 e. The number of pyridine rings is 1. The molecule has 0 atom stereocenters. The summed E-state index contributed by atoms with van der Waals surface area (Å²) < 4.78 is 40.0. The maximum Gasteiger partial charge on any atom is 0.257 e. The standard InChI is InChI=1S/C19H14F3N3O/c20-14-7-4-12(5-8-14)10-23-17-9-6-13(11-24-17)19(26)25-18-15(21)2-1-3-16(18)22/h1-9,11H,10H2,(H,23,24)(H,25,26). The number of nitrogens with one attached hydrogen (secondary N) is 2. The lowest BCUT2D eigenvalue weighted by atomic mass is 10.2. The molecular formula is C19H14F3N3O. The molecule has 7 heteroatoms. The van der Waals surface area contributed by atoms with Crippen molar-refractivity contribution in [3.05, 3.63) is 89.4 Å². The number of halogens is 3. The second-order valence-corrected chi connectivity index (χ2v) is 5.46. The third kappa shape index (κ3) is 4.18. The van der Waals surface area contributed by atoms with Crippen molar-refractivity contribution in [1.82, 2.24) is 4.98 Å². The Kier molecular flexibility index (Phi) is 5.17. The van der Waals surface area contributed by atoms with Crippen molar-refractivity contribution in [3.8, 4) is 0 Å². The van der Waals surface area contributed by atoms with Gasteiger partial charge in [0.05, 0.1) is 5.56 Å². The van der Waals surface area contributed by atoms with Crippen LogP contribution in [-0.4, -0.2) is 10.9 Å². The molecule has 0 aliphatic rings. The Morgan fingerprint density at radius 3 is 2.23 bits per heavy atom. The topological polar surface area (TPSA) is 54.0 Å². The van der Waals surface area contributed by atoms with Gasteiger partial charge in [-0.05, 0) is 42.0 Å². The van der Waals surface area contributed by atoms with Crippen LogP contribution in [0.15, 0.2) is 60.8 Å². The minimum Gasteiger partial charge on any atom is -0.366 e. The monoisotopic (exact) mass is 357 g/mol. The van der Waals surface area contributed by atoms with Crippen LogP contribution in [-0.2, 0) is 6.54 Å². The Bertz CT molecular complexity index is 892. The first-order valence-corrected chi connectivity index (χ1v) is 7.72. The van der Waals surface area contributed by atoms with Crippen LogP contribution in [0.1, 0.15) is 15.9 Å². The van der Waals surface area contributed by atoms with Crippen LogP contribution >= 0.6 is 0 Å². The fraction of sp³-hybridized carbons (Fsp3) is 0.0526. The van der Waals surface area contributed by atoms with Crippen molar-refractivity contribution in [2.75, 3.05) is 10.6 Å². The summed E-state index contributed by atoms with van der Waals surface area (Å²) in [5.41, 5.74) is 0.515. The molecule has 0 fully saturated rings. The molecule has 0 saturated heterocycles. The predicted octanol–water partition coefficient (Wildman–Crippen LogP) is 4.36. The van der Waals surface area contributed by atoms with Gasteiger partial charge in [0.1, 0.15) is 29.0 Å². The number of hydrogen-bond acceptors (Lipinski definition) is 3. The molecule has 2 N–H and O–H groups in total. The van der Waals surface area contributed by atoms with Crippen molar-refractivity contribution in [2.45, 2.75) is 6.54 Å². The third-order valence-corrected chi connectivity index (χ3v) is 3.61. The zero-order valence-electron chi connectivity index (χ0n) is 13.5. The second-order valence-electron chi connectivity index (χ2n) is 5.46. The van der Waals surface area contributed by atoms with E-state index >= 15 is 0 Å². The number of hydrogen-bond donors (Lipinski definition) is 2. The molecule has 0 aliphatic heterocycles. The molecular weight excluding hydrogens is 343 g/mol. The van der Waals surface area contributed by atoms with Gasteiger partial charge in [0.25, 0.3) is 5.91 Å². The van der Waals surface area contributed by atoms with Gasteiger partial charge in [-0.3, -0.25) is 4.79 Å². The van der Waals surface area contributed by atoms with Crippen molar-refractivity contribution < 1.29 is 18.0 Å². The van der Waals surface area contributed by atoms with Gasteiger partial charge in [0, 0.05) is 12.7 Å². The Morgan fingerprint density at radius 1 is 0.923 bits per heavy atom. The summed E-state index contributed by atoms with van der Waals surface area (Å²) in [4.78, 5) is 16.2. The van der Waals surface area contributed by atoms with E-state index in [0.29, 0.717) is 12.4 Å². The molecule has 4 nitrogen and oxygen atoms in total. The van der Waals surface area contributed by atoms with Gasteiger partial charge in [-0.15, -0.1) is 0 Å². The number of rotatable bonds is 5. The van der Waals surface area contributed by atoms with Gasteiger partial charge in [0.15, 0.2) is 0 Å². The highest BCUT2D eigenvalue weighted by molar-refractivity contribution is 6.04. The summed E-state index contributed by atoms with van der Waals surface area (Å²) in [7, 11) is 0. The maximum atomic E-state index is 13.6. The van der Waals surface area contributed by atoms with Gasteiger partial charge in [-0.2, -0.15) is 0 Å². The van der Waals surface area contributed by atoms with Gasteiger partial charge < -0.3 is 10.6 Å². The number of benzene rings is 2. The maximum absolute atomic E-state index is 13.6. The van der Waals surface area contributed by atoms with E-state index in [4.69, 9.17) is 0 Å². The SMILES string of the molecule is O=C(Nc1c(F)cccc1F)c1ccc(NCc2ccc(F)cc2)nc1. The molecule has 0 unspecified atom stereocenters. The van der Waals surface area contributed by atoms with E-state index in [1.54, 1.807) is 18.2 Å². The lowest BCUT2D eigenvalue weighted by Crippen LogP contribution is -2.14. The number of carbonyl (C=O) groups excluding carboxylic acids is 1. The summed E-state index contributed by atoms with van der Waals surface area (Å²) >= 11 is 0. The number of carbonyl (C=O) groups is 1. The Morgan fingerprint density at radius 2 is 1.62 bits per heavy atom. The highest BCUT2D eigenvalue weighted by atomic mass is 19.1. The van der Waals surface area contributed by atoms with E-state index in [1.807, 2.05) is 0 Å². The fourth-order valence-electron chi connectivity index (χ4n) is 2.23. The Balaban J connectivity index is 1.63. The quantitative estimate of drug-likeness (QED) is 0.713.